The maximum Gasteiger partial charge on any atom is 0.251 e. The fourth-order valence-electron chi connectivity index (χ4n) is 1.68. The average molecular weight is 243 g/mol. The van der Waals surface area contributed by atoms with Crippen LogP contribution < -0.4 is 5.32 Å². The van der Waals surface area contributed by atoms with Crippen molar-refractivity contribution in [2.45, 2.75) is 25.8 Å². The summed E-state index contributed by atoms with van der Waals surface area (Å²) in [5.41, 5.74) is 1.50. The minimum absolute atomic E-state index is 0.0201. The van der Waals surface area contributed by atoms with E-state index in [0.29, 0.717) is 23.3 Å². The van der Waals surface area contributed by atoms with E-state index in [-0.39, 0.29) is 5.91 Å². The van der Waals surface area contributed by atoms with Crippen LogP contribution >= 0.6 is 0 Å². The molecule has 5 nitrogen and oxygen atoms in total. The Labute approximate surface area is 104 Å². The third-order valence-electron chi connectivity index (χ3n) is 2.85. The van der Waals surface area contributed by atoms with Crippen molar-refractivity contribution in [3.05, 3.63) is 35.7 Å². The van der Waals surface area contributed by atoms with Crippen LogP contribution in [0.15, 0.2) is 28.8 Å². The molecule has 0 saturated heterocycles. The Kier molecular flexibility index (Phi) is 2.59. The van der Waals surface area contributed by atoms with Crippen molar-refractivity contribution >= 4 is 5.91 Å². The van der Waals surface area contributed by atoms with Crippen LogP contribution in [0.25, 0.3) is 11.4 Å². The van der Waals surface area contributed by atoms with Gasteiger partial charge in [-0.3, -0.25) is 4.79 Å². The highest BCUT2D eigenvalue weighted by molar-refractivity contribution is 5.94. The van der Waals surface area contributed by atoms with E-state index >= 15 is 0 Å². The van der Waals surface area contributed by atoms with Gasteiger partial charge in [-0.15, -0.1) is 0 Å². The van der Waals surface area contributed by atoms with Gasteiger partial charge in [0.25, 0.3) is 5.91 Å². The molecule has 0 unspecified atom stereocenters. The van der Waals surface area contributed by atoms with E-state index in [9.17, 15) is 4.79 Å². The number of hydrogen-bond donors (Lipinski definition) is 1. The molecule has 1 fully saturated rings. The number of carbonyl (C=O) groups excluding carboxylic acids is 1. The molecule has 0 radical (unpaired) electrons. The molecule has 0 spiro atoms. The molecule has 1 saturated carbocycles. The molecule has 3 rings (SSSR count). The SMILES string of the molecule is Cc1nc(-c2ccc(C(=O)NC3CC3)cc2)no1. The Morgan fingerprint density at radius 2 is 2.06 bits per heavy atom. The second-order valence-electron chi connectivity index (χ2n) is 4.46. The maximum absolute atomic E-state index is 11.8. The van der Waals surface area contributed by atoms with Gasteiger partial charge in [-0.2, -0.15) is 4.98 Å². The molecule has 1 aromatic heterocycles. The van der Waals surface area contributed by atoms with Crippen LogP contribution in [0.3, 0.4) is 0 Å². The van der Waals surface area contributed by atoms with Crippen molar-refractivity contribution in [3.63, 3.8) is 0 Å². The van der Waals surface area contributed by atoms with E-state index in [1.807, 2.05) is 12.1 Å². The Balaban J connectivity index is 1.77. The van der Waals surface area contributed by atoms with Gasteiger partial charge in [0.05, 0.1) is 0 Å². The standard InChI is InChI=1S/C13H13N3O2/c1-8-14-12(16-18-8)9-2-4-10(5-3-9)13(17)15-11-6-7-11/h2-5,11H,6-7H2,1H3,(H,15,17). The summed E-state index contributed by atoms with van der Waals surface area (Å²) >= 11 is 0. The smallest absolute Gasteiger partial charge is 0.251 e. The normalized spacial score (nSPS) is 14.5. The Morgan fingerprint density at radius 1 is 1.33 bits per heavy atom. The summed E-state index contributed by atoms with van der Waals surface area (Å²) in [7, 11) is 0. The summed E-state index contributed by atoms with van der Waals surface area (Å²) in [4.78, 5) is 15.9. The minimum Gasteiger partial charge on any atom is -0.349 e. The maximum atomic E-state index is 11.8. The van der Waals surface area contributed by atoms with Gasteiger partial charge in [-0.25, -0.2) is 0 Å². The Bertz CT molecular complexity index is 570. The van der Waals surface area contributed by atoms with Crippen molar-refractivity contribution in [2.75, 3.05) is 0 Å². The van der Waals surface area contributed by atoms with Gasteiger partial charge >= 0.3 is 0 Å². The summed E-state index contributed by atoms with van der Waals surface area (Å²) in [5, 5.41) is 6.78. The summed E-state index contributed by atoms with van der Waals surface area (Å²) in [6, 6.07) is 7.58. The fraction of sp³-hybridized carbons (Fsp3) is 0.308. The monoisotopic (exact) mass is 243 g/mol. The number of nitrogens with one attached hydrogen (secondary N) is 1. The van der Waals surface area contributed by atoms with Crippen LogP contribution in [-0.4, -0.2) is 22.1 Å². The predicted octanol–water partition coefficient (Wildman–Crippen LogP) is 1.94. The molecule has 18 heavy (non-hydrogen) atoms. The molecule has 0 atom stereocenters. The third kappa shape index (κ3) is 2.25. The molecule has 0 bridgehead atoms. The van der Waals surface area contributed by atoms with Crippen molar-refractivity contribution in [1.29, 1.82) is 0 Å². The van der Waals surface area contributed by atoms with E-state index in [1.54, 1.807) is 19.1 Å². The lowest BCUT2D eigenvalue weighted by molar-refractivity contribution is 0.0951. The number of aromatic nitrogens is 2. The largest absolute Gasteiger partial charge is 0.349 e. The fourth-order valence-corrected chi connectivity index (χ4v) is 1.68. The third-order valence-corrected chi connectivity index (χ3v) is 2.85. The van der Waals surface area contributed by atoms with Crippen molar-refractivity contribution in [3.8, 4) is 11.4 Å². The van der Waals surface area contributed by atoms with Crippen molar-refractivity contribution < 1.29 is 9.32 Å². The zero-order valence-corrected chi connectivity index (χ0v) is 10.0. The molecular weight excluding hydrogens is 230 g/mol. The van der Waals surface area contributed by atoms with Gasteiger partial charge in [0.2, 0.25) is 11.7 Å². The zero-order chi connectivity index (χ0) is 12.5. The molecule has 1 aliphatic carbocycles. The van der Waals surface area contributed by atoms with Gasteiger partial charge in [0.15, 0.2) is 0 Å². The number of amides is 1. The summed E-state index contributed by atoms with van der Waals surface area (Å²) in [6.45, 7) is 1.74. The highest BCUT2D eigenvalue weighted by Crippen LogP contribution is 2.20. The number of hydrogen-bond acceptors (Lipinski definition) is 4. The van der Waals surface area contributed by atoms with Crippen LogP contribution in [0.4, 0.5) is 0 Å². The number of carbonyl (C=O) groups is 1. The lowest BCUT2D eigenvalue weighted by atomic mass is 10.1. The Morgan fingerprint density at radius 3 is 2.61 bits per heavy atom. The van der Waals surface area contributed by atoms with Crippen LogP contribution in [0, 0.1) is 6.92 Å². The molecule has 5 heteroatoms. The lowest BCUT2D eigenvalue weighted by Gasteiger charge is -2.03. The first-order valence-electron chi connectivity index (χ1n) is 5.94. The topological polar surface area (TPSA) is 68.0 Å². The van der Waals surface area contributed by atoms with Crippen LogP contribution in [0.1, 0.15) is 29.1 Å². The first-order valence-corrected chi connectivity index (χ1v) is 5.94. The van der Waals surface area contributed by atoms with E-state index in [1.165, 1.54) is 0 Å². The summed E-state index contributed by atoms with van der Waals surface area (Å²) < 4.78 is 4.92. The number of rotatable bonds is 3. The molecule has 0 aliphatic heterocycles. The van der Waals surface area contributed by atoms with Gasteiger partial charge < -0.3 is 9.84 Å². The van der Waals surface area contributed by atoms with E-state index < -0.39 is 0 Å². The average Bonchev–Trinajstić information content (AvgIpc) is 3.09. The Hall–Kier alpha value is -2.17. The van der Waals surface area contributed by atoms with E-state index in [0.717, 1.165) is 18.4 Å². The van der Waals surface area contributed by atoms with Gasteiger partial charge in [-0.1, -0.05) is 17.3 Å². The highest BCUT2D eigenvalue weighted by atomic mass is 16.5. The van der Waals surface area contributed by atoms with Crippen LogP contribution in [0.2, 0.25) is 0 Å². The minimum atomic E-state index is -0.0201. The second kappa shape index (κ2) is 4.25. The lowest BCUT2D eigenvalue weighted by Crippen LogP contribution is -2.25. The first kappa shape index (κ1) is 11.0. The first-order chi connectivity index (χ1) is 8.72. The molecule has 92 valence electrons. The van der Waals surface area contributed by atoms with Crippen molar-refractivity contribution in [2.24, 2.45) is 0 Å². The molecule has 1 heterocycles. The molecule has 1 aliphatic rings. The van der Waals surface area contributed by atoms with Gasteiger partial charge in [0, 0.05) is 24.1 Å². The zero-order valence-electron chi connectivity index (χ0n) is 10.0. The highest BCUT2D eigenvalue weighted by Gasteiger charge is 2.23. The summed E-state index contributed by atoms with van der Waals surface area (Å²) in [5.74, 6) is 1.05. The number of benzene rings is 1. The van der Waals surface area contributed by atoms with Gasteiger partial charge in [0.1, 0.15) is 0 Å². The van der Waals surface area contributed by atoms with Crippen molar-refractivity contribution in [1.82, 2.24) is 15.5 Å². The molecule has 1 N–H and O–H groups in total. The molecular formula is C13H13N3O2. The quantitative estimate of drug-likeness (QED) is 0.894. The van der Waals surface area contributed by atoms with E-state index in [4.69, 9.17) is 4.52 Å². The number of aryl methyl sites for hydroxylation is 1. The molecule has 1 aromatic carbocycles. The summed E-state index contributed by atoms with van der Waals surface area (Å²) in [6.07, 6.45) is 2.18. The van der Waals surface area contributed by atoms with Crippen LogP contribution in [-0.2, 0) is 0 Å². The molecule has 1 amide bonds. The number of nitrogens with zero attached hydrogens (tertiary/aromatic N) is 2. The van der Waals surface area contributed by atoms with Gasteiger partial charge in [-0.05, 0) is 25.0 Å². The second-order valence-corrected chi connectivity index (χ2v) is 4.46. The van der Waals surface area contributed by atoms with E-state index in [2.05, 4.69) is 15.5 Å². The predicted molar refractivity (Wildman–Crippen MR) is 65.0 cm³/mol. The van der Waals surface area contributed by atoms with Crippen LogP contribution in [0.5, 0.6) is 0 Å². The molecule has 2 aromatic rings.